The number of allylic oxidation sites excluding steroid dienone is 2. The van der Waals surface area contributed by atoms with Crippen molar-refractivity contribution in [3.8, 4) is 0 Å². The molecule has 0 aromatic carbocycles. The van der Waals surface area contributed by atoms with Crippen molar-refractivity contribution in [3.63, 3.8) is 0 Å². The first kappa shape index (κ1) is 23.4. The summed E-state index contributed by atoms with van der Waals surface area (Å²) in [5, 5.41) is -0.208. The van der Waals surface area contributed by atoms with E-state index in [1.807, 2.05) is 0 Å². The van der Waals surface area contributed by atoms with Gasteiger partial charge in [-0.15, -0.1) is 0 Å². The summed E-state index contributed by atoms with van der Waals surface area (Å²) in [5.74, 6) is -0.310. The van der Waals surface area contributed by atoms with Crippen molar-refractivity contribution >= 4 is 15.6 Å². The number of hydrogen-bond acceptors (Lipinski definition) is 3. The Morgan fingerprint density at radius 1 is 0.808 bits per heavy atom. The van der Waals surface area contributed by atoms with Crippen LogP contribution in [0.5, 0.6) is 0 Å². The topological polar surface area (TPSA) is 51.2 Å². The molecule has 1 aliphatic rings. The first-order chi connectivity index (χ1) is 12.6. The lowest BCUT2D eigenvalue weighted by Crippen LogP contribution is -2.19. The van der Waals surface area contributed by atoms with Crippen LogP contribution in [0.1, 0.15) is 110 Å². The van der Waals surface area contributed by atoms with Crippen LogP contribution in [-0.2, 0) is 14.6 Å². The van der Waals surface area contributed by atoms with Crippen molar-refractivity contribution in [2.75, 3.05) is 5.75 Å². The zero-order valence-corrected chi connectivity index (χ0v) is 17.7. The van der Waals surface area contributed by atoms with E-state index in [1.54, 1.807) is 0 Å². The number of unbranched alkanes of at least 4 members (excludes halogenated alkanes) is 11. The molecule has 0 amide bonds. The fourth-order valence-corrected chi connectivity index (χ4v) is 4.92. The molecule has 0 atom stereocenters. The van der Waals surface area contributed by atoms with Gasteiger partial charge in [-0.3, -0.25) is 4.79 Å². The molecular formula is C22H40O3S. The third kappa shape index (κ3) is 12.7. The number of hydrogen-bond donors (Lipinski definition) is 0. The van der Waals surface area contributed by atoms with E-state index in [1.165, 1.54) is 57.8 Å². The monoisotopic (exact) mass is 384 g/mol. The van der Waals surface area contributed by atoms with Gasteiger partial charge in [0.05, 0.1) is 5.25 Å². The van der Waals surface area contributed by atoms with Crippen LogP contribution in [0.15, 0.2) is 12.2 Å². The predicted molar refractivity (Wildman–Crippen MR) is 111 cm³/mol. The lowest BCUT2D eigenvalue weighted by Gasteiger charge is -2.02. The number of carbonyl (C=O) groups is 1. The number of rotatable bonds is 18. The van der Waals surface area contributed by atoms with Gasteiger partial charge in [0.1, 0.15) is 11.5 Å². The molecule has 1 rings (SSSR count). The minimum absolute atomic E-state index is 0.0884. The molecule has 152 valence electrons. The second-order valence-corrected chi connectivity index (χ2v) is 10.2. The maximum atomic E-state index is 11.7. The Bertz CT molecular complexity index is 490. The predicted octanol–water partition coefficient (Wildman–Crippen LogP) is 6.17. The van der Waals surface area contributed by atoms with Crippen molar-refractivity contribution in [1.29, 1.82) is 0 Å². The van der Waals surface area contributed by atoms with Gasteiger partial charge in [-0.05, 0) is 44.9 Å². The summed E-state index contributed by atoms with van der Waals surface area (Å²) in [6.45, 7) is 2.25. The molecule has 0 bridgehead atoms. The Labute approximate surface area is 161 Å². The summed E-state index contributed by atoms with van der Waals surface area (Å²) < 4.78 is 23.5. The molecule has 0 N–H and O–H groups in total. The fraction of sp³-hybridized carbons (Fsp3) is 0.864. The van der Waals surface area contributed by atoms with Crippen LogP contribution in [0, 0.1) is 0 Å². The van der Waals surface area contributed by atoms with E-state index in [9.17, 15) is 13.2 Å². The summed E-state index contributed by atoms with van der Waals surface area (Å²) in [6, 6.07) is 0. The summed E-state index contributed by atoms with van der Waals surface area (Å²) >= 11 is 0. The van der Waals surface area contributed by atoms with Crippen LogP contribution in [0.2, 0.25) is 0 Å². The molecule has 0 radical (unpaired) electrons. The highest BCUT2D eigenvalue weighted by Crippen LogP contribution is 2.29. The average Bonchev–Trinajstić information content (AvgIpc) is 3.43. The molecular weight excluding hydrogens is 344 g/mol. The minimum atomic E-state index is -3.11. The van der Waals surface area contributed by atoms with E-state index < -0.39 is 9.84 Å². The van der Waals surface area contributed by atoms with Gasteiger partial charge in [0.2, 0.25) is 0 Å². The van der Waals surface area contributed by atoms with Gasteiger partial charge in [-0.1, -0.05) is 70.4 Å². The van der Waals surface area contributed by atoms with Gasteiger partial charge < -0.3 is 0 Å². The molecule has 0 aromatic rings. The quantitative estimate of drug-likeness (QED) is 0.210. The number of Topliss-reactive ketones (excluding diaryl/α,β-unsaturated/α-hetero) is 1. The van der Waals surface area contributed by atoms with E-state index in [-0.39, 0.29) is 16.8 Å². The molecule has 1 aliphatic carbocycles. The van der Waals surface area contributed by atoms with Crippen molar-refractivity contribution in [1.82, 2.24) is 0 Å². The molecule has 1 saturated carbocycles. The Hall–Kier alpha value is -0.640. The second-order valence-electron chi connectivity index (χ2n) is 7.88. The molecule has 0 aromatic heterocycles. The molecule has 4 heteroatoms. The molecule has 1 fully saturated rings. The Morgan fingerprint density at radius 2 is 1.31 bits per heavy atom. The van der Waals surface area contributed by atoms with Gasteiger partial charge in [-0.2, -0.15) is 0 Å². The van der Waals surface area contributed by atoms with E-state index in [4.69, 9.17) is 0 Å². The minimum Gasteiger partial charge on any atom is -0.299 e. The standard InChI is InChI=1S/C22H40O3S/c1-2-3-4-5-6-7-8-9-10-11-12-13-14-15-16-17-21(23)20-26(24,25)22-18-19-22/h9-10,22H,2-8,11-20H2,1H3/b10-9-. The Morgan fingerprint density at radius 3 is 1.85 bits per heavy atom. The summed E-state index contributed by atoms with van der Waals surface area (Å²) in [7, 11) is -3.11. The van der Waals surface area contributed by atoms with E-state index in [0.29, 0.717) is 6.42 Å². The zero-order chi connectivity index (χ0) is 19.1. The third-order valence-electron chi connectivity index (χ3n) is 5.11. The van der Waals surface area contributed by atoms with Gasteiger partial charge in [0.25, 0.3) is 0 Å². The van der Waals surface area contributed by atoms with Gasteiger partial charge in [0.15, 0.2) is 9.84 Å². The average molecular weight is 385 g/mol. The number of carbonyl (C=O) groups excluding carboxylic acids is 1. The van der Waals surface area contributed by atoms with E-state index >= 15 is 0 Å². The maximum absolute atomic E-state index is 11.7. The number of sulfone groups is 1. The fourth-order valence-electron chi connectivity index (χ4n) is 3.23. The highest BCUT2D eigenvalue weighted by Gasteiger charge is 2.36. The van der Waals surface area contributed by atoms with E-state index in [2.05, 4.69) is 19.1 Å². The van der Waals surface area contributed by atoms with Crippen molar-refractivity contribution in [2.24, 2.45) is 0 Å². The van der Waals surface area contributed by atoms with Crippen molar-refractivity contribution in [3.05, 3.63) is 12.2 Å². The molecule has 0 aliphatic heterocycles. The summed E-state index contributed by atoms with van der Waals surface area (Å²) in [6.07, 6.45) is 22.6. The summed E-state index contributed by atoms with van der Waals surface area (Å²) in [5.41, 5.74) is 0. The molecule has 0 spiro atoms. The smallest absolute Gasteiger partial charge is 0.160 e. The van der Waals surface area contributed by atoms with Crippen LogP contribution in [-0.4, -0.2) is 25.2 Å². The van der Waals surface area contributed by atoms with Crippen molar-refractivity contribution in [2.45, 2.75) is 115 Å². The van der Waals surface area contributed by atoms with Crippen LogP contribution in [0.4, 0.5) is 0 Å². The molecule has 0 unspecified atom stereocenters. The van der Waals surface area contributed by atoms with Crippen LogP contribution in [0.25, 0.3) is 0 Å². The van der Waals surface area contributed by atoms with Gasteiger partial charge >= 0.3 is 0 Å². The SMILES string of the molecule is CCCCCCCC/C=C\CCCCCCCC(=O)CS(=O)(=O)C1CC1. The van der Waals surface area contributed by atoms with Crippen LogP contribution in [0.3, 0.4) is 0 Å². The van der Waals surface area contributed by atoms with Crippen LogP contribution >= 0.6 is 0 Å². The van der Waals surface area contributed by atoms with E-state index in [0.717, 1.165) is 38.5 Å². The summed E-state index contributed by atoms with van der Waals surface area (Å²) in [4.78, 5) is 11.7. The molecule has 0 saturated heterocycles. The van der Waals surface area contributed by atoms with Gasteiger partial charge in [0, 0.05) is 6.42 Å². The second kappa shape index (κ2) is 14.4. The maximum Gasteiger partial charge on any atom is 0.160 e. The zero-order valence-electron chi connectivity index (χ0n) is 16.9. The lowest BCUT2D eigenvalue weighted by molar-refractivity contribution is -0.116. The normalized spacial score (nSPS) is 15.0. The third-order valence-corrected chi connectivity index (χ3v) is 7.32. The Balaban J connectivity index is 1.83. The molecule has 26 heavy (non-hydrogen) atoms. The highest BCUT2D eigenvalue weighted by atomic mass is 32.2. The first-order valence-corrected chi connectivity index (χ1v) is 12.7. The molecule has 3 nitrogen and oxygen atoms in total. The number of ketones is 1. The molecule has 0 heterocycles. The Kier molecular flexibility index (Phi) is 13.0. The van der Waals surface area contributed by atoms with Crippen molar-refractivity contribution < 1.29 is 13.2 Å². The van der Waals surface area contributed by atoms with Crippen LogP contribution < -0.4 is 0 Å². The van der Waals surface area contributed by atoms with Gasteiger partial charge in [-0.25, -0.2) is 8.42 Å². The lowest BCUT2D eigenvalue weighted by atomic mass is 10.1. The largest absolute Gasteiger partial charge is 0.299 e. The highest BCUT2D eigenvalue weighted by molar-refractivity contribution is 7.93. The first-order valence-electron chi connectivity index (χ1n) is 10.9.